The Kier molecular flexibility index (Phi) is 2.99. The lowest BCUT2D eigenvalue weighted by molar-refractivity contribution is 0.298. The zero-order valence-corrected chi connectivity index (χ0v) is 11.4. The number of hydrogen-bond donors (Lipinski definition) is 2. The van der Waals surface area contributed by atoms with Crippen molar-refractivity contribution in [2.75, 3.05) is 12.3 Å². The first-order chi connectivity index (χ1) is 8.74. The normalized spacial score (nSPS) is 14.7. The molecule has 0 radical (unpaired) electrons. The van der Waals surface area contributed by atoms with Crippen molar-refractivity contribution >= 4 is 21.7 Å². The Labute approximate surface area is 114 Å². The fraction of sp³-hybridized carbons (Fsp3) is 0.308. The van der Waals surface area contributed by atoms with Gasteiger partial charge in [0.1, 0.15) is 11.6 Å². The van der Waals surface area contributed by atoms with Crippen LogP contribution in [0.25, 0.3) is 11.3 Å². The summed E-state index contributed by atoms with van der Waals surface area (Å²) in [5.41, 5.74) is 7.51. The summed E-state index contributed by atoms with van der Waals surface area (Å²) in [6, 6.07) is 7.75. The van der Waals surface area contributed by atoms with Crippen LogP contribution in [0.2, 0.25) is 0 Å². The van der Waals surface area contributed by atoms with E-state index in [1.165, 1.54) is 12.8 Å². The van der Waals surface area contributed by atoms with Crippen LogP contribution in [0.3, 0.4) is 0 Å². The van der Waals surface area contributed by atoms with E-state index in [0.717, 1.165) is 34.0 Å². The van der Waals surface area contributed by atoms with E-state index in [0.29, 0.717) is 5.82 Å². The molecule has 1 aromatic carbocycles. The van der Waals surface area contributed by atoms with Crippen molar-refractivity contribution < 1.29 is 4.74 Å². The molecule has 0 amide bonds. The quantitative estimate of drug-likeness (QED) is 0.911. The number of hydrogen-bond acceptors (Lipinski definition) is 3. The van der Waals surface area contributed by atoms with E-state index in [1.807, 2.05) is 24.3 Å². The first-order valence-corrected chi connectivity index (χ1v) is 6.76. The molecule has 1 aromatic heterocycles. The molecule has 2 aromatic rings. The van der Waals surface area contributed by atoms with Crippen molar-refractivity contribution in [2.45, 2.75) is 12.8 Å². The zero-order chi connectivity index (χ0) is 12.5. The Morgan fingerprint density at radius 2 is 2.28 bits per heavy atom. The molecule has 18 heavy (non-hydrogen) atoms. The molecule has 1 aliphatic rings. The third kappa shape index (κ3) is 2.36. The van der Waals surface area contributed by atoms with Crippen molar-refractivity contribution in [2.24, 2.45) is 5.92 Å². The molecule has 1 heterocycles. The topological polar surface area (TPSA) is 63.9 Å². The minimum atomic E-state index is 0.487. The molecule has 4 nitrogen and oxygen atoms in total. The highest BCUT2D eigenvalue weighted by Gasteiger charge is 2.22. The summed E-state index contributed by atoms with van der Waals surface area (Å²) in [6.45, 7) is 0.799. The number of nitrogen functional groups attached to an aromatic ring is 1. The van der Waals surface area contributed by atoms with Crippen LogP contribution in [0, 0.1) is 5.92 Å². The SMILES string of the molecule is Nc1cc(-c2cccc(OCC3CC3)c2Br)[nH]n1. The van der Waals surface area contributed by atoms with Gasteiger partial charge in [-0.3, -0.25) is 5.10 Å². The number of nitrogens with zero attached hydrogens (tertiary/aromatic N) is 1. The average molecular weight is 308 g/mol. The Bertz CT molecular complexity index is 563. The van der Waals surface area contributed by atoms with Gasteiger partial charge in [0, 0.05) is 11.6 Å². The number of H-pyrrole nitrogens is 1. The smallest absolute Gasteiger partial charge is 0.145 e. The van der Waals surface area contributed by atoms with Crippen LogP contribution in [-0.4, -0.2) is 16.8 Å². The fourth-order valence-corrected chi connectivity index (χ4v) is 2.39. The number of halogens is 1. The van der Waals surface area contributed by atoms with Gasteiger partial charge in [0.15, 0.2) is 0 Å². The maximum Gasteiger partial charge on any atom is 0.145 e. The molecule has 0 aliphatic heterocycles. The molecule has 0 bridgehead atoms. The van der Waals surface area contributed by atoms with Crippen LogP contribution in [0.15, 0.2) is 28.7 Å². The molecule has 1 aliphatic carbocycles. The monoisotopic (exact) mass is 307 g/mol. The second-order valence-corrected chi connectivity index (χ2v) is 5.37. The van der Waals surface area contributed by atoms with E-state index in [1.54, 1.807) is 0 Å². The van der Waals surface area contributed by atoms with Crippen LogP contribution in [0.1, 0.15) is 12.8 Å². The van der Waals surface area contributed by atoms with Gasteiger partial charge >= 0.3 is 0 Å². The van der Waals surface area contributed by atoms with E-state index in [9.17, 15) is 0 Å². The molecule has 0 saturated heterocycles. The third-order valence-corrected chi connectivity index (χ3v) is 3.84. The summed E-state index contributed by atoms with van der Waals surface area (Å²) in [4.78, 5) is 0. The molecular formula is C13H14BrN3O. The third-order valence-electron chi connectivity index (χ3n) is 3.02. The summed E-state index contributed by atoms with van der Waals surface area (Å²) in [6.07, 6.45) is 2.57. The highest BCUT2D eigenvalue weighted by atomic mass is 79.9. The average Bonchev–Trinajstić information content (AvgIpc) is 3.09. The molecule has 0 unspecified atom stereocenters. The number of rotatable bonds is 4. The molecule has 3 rings (SSSR count). The number of anilines is 1. The molecule has 0 spiro atoms. The molecular weight excluding hydrogens is 294 g/mol. The summed E-state index contributed by atoms with van der Waals surface area (Å²) in [5.74, 6) is 2.09. The predicted molar refractivity (Wildman–Crippen MR) is 74.4 cm³/mol. The van der Waals surface area contributed by atoms with E-state index in [2.05, 4.69) is 26.1 Å². The van der Waals surface area contributed by atoms with E-state index < -0.39 is 0 Å². The summed E-state index contributed by atoms with van der Waals surface area (Å²) in [7, 11) is 0. The van der Waals surface area contributed by atoms with Crippen molar-refractivity contribution in [1.29, 1.82) is 0 Å². The summed E-state index contributed by atoms with van der Waals surface area (Å²) < 4.78 is 6.76. The standard InChI is InChI=1S/C13H14BrN3O/c14-13-9(10-6-12(15)17-16-10)2-1-3-11(13)18-7-8-4-5-8/h1-3,6,8H,4-5,7H2,(H3,15,16,17). The lowest BCUT2D eigenvalue weighted by Gasteiger charge is -2.10. The maximum absolute atomic E-state index is 5.82. The Hall–Kier alpha value is -1.49. The first kappa shape index (κ1) is 11.6. The molecule has 5 heteroatoms. The first-order valence-electron chi connectivity index (χ1n) is 5.96. The molecule has 1 fully saturated rings. The van der Waals surface area contributed by atoms with Crippen molar-refractivity contribution in [3.63, 3.8) is 0 Å². The maximum atomic E-state index is 5.82. The van der Waals surface area contributed by atoms with Gasteiger partial charge < -0.3 is 10.5 Å². The predicted octanol–water partition coefficient (Wildman–Crippen LogP) is 3.21. The van der Waals surface area contributed by atoms with Gasteiger partial charge in [-0.25, -0.2) is 0 Å². The van der Waals surface area contributed by atoms with Crippen LogP contribution >= 0.6 is 15.9 Å². The molecule has 94 valence electrons. The Morgan fingerprint density at radius 1 is 1.44 bits per heavy atom. The number of aromatic amines is 1. The second kappa shape index (κ2) is 4.65. The van der Waals surface area contributed by atoms with E-state index in [-0.39, 0.29) is 0 Å². The number of nitrogens with one attached hydrogen (secondary N) is 1. The van der Waals surface area contributed by atoms with Crippen LogP contribution in [0.4, 0.5) is 5.82 Å². The van der Waals surface area contributed by atoms with E-state index in [4.69, 9.17) is 10.5 Å². The van der Waals surface area contributed by atoms with Gasteiger partial charge in [0.05, 0.1) is 16.8 Å². The van der Waals surface area contributed by atoms with Crippen molar-refractivity contribution in [3.05, 3.63) is 28.7 Å². The van der Waals surface area contributed by atoms with Crippen molar-refractivity contribution in [3.8, 4) is 17.0 Å². The van der Waals surface area contributed by atoms with Crippen molar-refractivity contribution in [1.82, 2.24) is 10.2 Å². The minimum absolute atomic E-state index is 0.487. The largest absolute Gasteiger partial charge is 0.492 e. The number of nitrogens with two attached hydrogens (primary N) is 1. The Balaban J connectivity index is 1.87. The zero-order valence-electron chi connectivity index (χ0n) is 9.82. The van der Waals surface area contributed by atoms with Gasteiger partial charge in [-0.1, -0.05) is 12.1 Å². The van der Waals surface area contributed by atoms with Crippen LogP contribution < -0.4 is 10.5 Å². The number of aromatic nitrogens is 2. The lowest BCUT2D eigenvalue weighted by atomic mass is 10.1. The van der Waals surface area contributed by atoms with Gasteiger partial charge in [-0.2, -0.15) is 5.10 Å². The summed E-state index contributed by atoms with van der Waals surface area (Å²) >= 11 is 3.58. The second-order valence-electron chi connectivity index (χ2n) is 4.58. The molecule has 3 N–H and O–H groups in total. The van der Waals surface area contributed by atoms with Crippen LogP contribution in [-0.2, 0) is 0 Å². The van der Waals surface area contributed by atoms with E-state index >= 15 is 0 Å². The minimum Gasteiger partial charge on any atom is -0.492 e. The van der Waals surface area contributed by atoms with Gasteiger partial charge in [0.2, 0.25) is 0 Å². The van der Waals surface area contributed by atoms with Gasteiger partial charge in [0.25, 0.3) is 0 Å². The molecule has 0 atom stereocenters. The Morgan fingerprint density at radius 3 is 2.94 bits per heavy atom. The summed E-state index contributed by atoms with van der Waals surface area (Å²) in [5, 5.41) is 6.85. The molecule has 1 saturated carbocycles. The fourth-order valence-electron chi connectivity index (χ4n) is 1.80. The highest BCUT2D eigenvalue weighted by Crippen LogP contribution is 2.37. The number of benzene rings is 1. The van der Waals surface area contributed by atoms with Gasteiger partial charge in [-0.15, -0.1) is 0 Å². The van der Waals surface area contributed by atoms with Gasteiger partial charge in [-0.05, 0) is 40.8 Å². The van der Waals surface area contributed by atoms with Crippen LogP contribution in [0.5, 0.6) is 5.75 Å². The lowest BCUT2D eigenvalue weighted by Crippen LogP contribution is -1.99. The highest BCUT2D eigenvalue weighted by molar-refractivity contribution is 9.10. The number of ether oxygens (including phenoxy) is 1.